The third-order valence-corrected chi connectivity index (χ3v) is 11.0. The van der Waals surface area contributed by atoms with E-state index in [0.29, 0.717) is 35.8 Å². The first-order valence-corrected chi connectivity index (χ1v) is 16.1. The number of methoxy groups -OCH3 is 1. The van der Waals surface area contributed by atoms with Gasteiger partial charge in [0.2, 0.25) is 0 Å². The van der Waals surface area contributed by atoms with Crippen LogP contribution in [0.25, 0.3) is 16.9 Å². The van der Waals surface area contributed by atoms with Crippen LogP contribution in [0.5, 0.6) is 0 Å². The SMILES string of the molecule is COC(=O)[Si][C@@H]1CCN(c2ccc(-c3cn4cc(C(=O)N5CCc6sccc6[C@H]5C)cc(C5CC5)c4n3)c(F)c2)C1. The Balaban J connectivity index is 1.17. The van der Waals surface area contributed by atoms with Gasteiger partial charge < -0.3 is 18.9 Å². The number of carbonyl (C=O) groups is 2. The van der Waals surface area contributed by atoms with Gasteiger partial charge >= 0.3 is 0 Å². The molecule has 1 aromatic carbocycles. The first-order chi connectivity index (χ1) is 19.9. The van der Waals surface area contributed by atoms with E-state index in [1.165, 1.54) is 17.6 Å². The van der Waals surface area contributed by atoms with E-state index in [1.54, 1.807) is 23.5 Å². The van der Waals surface area contributed by atoms with Crippen molar-refractivity contribution in [1.29, 1.82) is 0 Å². The third-order valence-electron chi connectivity index (χ3n) is 8.67. The van der Waals surface area contributed by atoms with Gasteiger partial charge in [0.15, 0.2) is 9.52 Å². The number of nitrogens with zero attached hydrogens (tertiary/aromatic N) is 4. The van der Waals surface area contributed by atoms with Crippen molar-refractivity contribution in [1.82, 2.24) is 14.3 Å². The molecule has 0 bridgehead atoms. The fourth-order valence-electron chi connectivity index (χ4n) is 6.27. The lowest BCUT2D eigenvalue weighted by molar-refractivity contribution is 0.0678. The molecule has 7 rings (SSSR count). The Hall–Kier alpha value is -3.50. The molecule has 3 aliphatic rings. The maximum absolute atomic E-state index is 15.5. The molecular weight excluding hydrogens is 556 g/mol. The fraction of sp³-hybridized carbons (Fsp3) is 0.387. The van der Waals surface area contributed by atoms with Crippen molar-refractivity contribution in [3.63, 3.8) is 0 Å². The molecule has 0 unspecified atom stereocenters. The predicted molar refractivity (Wildman–Crippen MR) is 159 cm³/mol. The summed E-state index contributed by atoms with van der Waals surface area (Å²) in [4.78, 5) is 35.8. The van der Waals surface area contributed by atoms with E-state index in [0.717, 1.165) is 49.1 Å². The van der Waals surface area contributed by atoms with Crippen LogP contribution in [-0.4, -0.2) is 62.0 Å². The van der Waals surface area contributed by atoms with Gasteiger partial charge in [-0.15, -0.1) is 11.3 Å². The Bertz CT molecular complexity index is 1660. The molecule has 1 saturated heterocycles. The minimum absolute atomic E-state index is 0.0284. The Morgan fingerprint density at radius 1 is 1.10 bits per heavy atom. The molecule has 41 heavy (non-hydrogen) atoms. The largest absolute Gasteiger partial charge is 0.474 e. The average Bonchev–Trinajstić information content (AvgIpc) is 3.33. The molecule has 7 nitrogen and oxygen atoms in total. The lowest BCUT2D eigenvalue weighted by atomic mass is 10.00. The van der Waals surface area contributed by atoms with Gasteiger partial charge in [-0.05, 0) is 90.9 Å². The van der Waals surface area contributed by atoms with Gasteiger partial charge in [-0.3, -0.25) is 9.59 Å². The van der Waals surface area contributed by atoms with Crippen LogP contribution in [0.1, 0.15) is 64.5 Å². The van der Waals surface area contributed by atoms with Crippen molar-refractivity contribution in [3.8, 4) is 11.3 Å². The highest BCUT2D eigenvalue weighted by atomic mass is 32.1. The molecule has 4 aromatic rings. The minimum Gasteiger partial charge on any atom is -0.474 e. The molecule has 2 aliphatic heterocycles. The standard InChI is InChI=1S/C31H31FN4O3SSi/c1-18-23-9-12-40-28(23)8-11-36(18)30(37)20-13-25(19-3-4-19)29-33-27(17-35(29)15-20)24-6-5-21(14-26(24)32)34-10-7-22(16-34)41-31(38)39-2/h5-6,9,12-15,17-19,22H,3-4,7-8,10-11,16H2,1-2H3/t18-,22-/m1/s1. The Morgan fingerprint density at radius 3 is 2.73 bits per heavy atom. The van der Waals surface area contributed by atoms with Crippen molar-refractivity contribution in [2.45, 2.75) is 50.1 Å². The summed E-state index contributed by atoms with van der Waals surface area (Å²) in [5, 5.41) is 2.11. The predicted octanol–water partition coefficient (Wildman–Crippen LogP) is 6.31. The normalized spacial score (nSPS) is 20.5. The summed E-state index contributed by atoms with van der Waals surface area (Å²) in [5.74, 6) is 0.0761. The first-order valence-electron chi connectivity index (χ1n) is 14.2. The molecule has 210 valence electrons. The van der Waals surface area contributed by atoms with E-state index in [9.17, 15) is 9.59 Å². The van der Waals surface area contributed by atoms with Gasteiger partial charge in [0.1, 0.15) is 11.5 Å². The van der Waals surface area contributed by atoms with Crippen molar-refractivity contribution < 1.29 is 18.7 Å². The van der Waals surface area contributed by atoms with Crippen molar-refractivity contribution in [3.05, 3.63) is 75.5 Å². The van der Waals surface area contributed by atoms with Gasteiger partial charge in [-0.2, -0.15) is 0 Å². The summed E-state index contributed by atoms with van der Waals surface area (Å²) in [6, 6.07) is 9.47. The average molecular weight is 587 g/mol. The molecule has 2 fully saturated rings. The highest BCUT2D eigenvalue weighted by molar-refractivity contribution is 7.10. The molecule has 10 heteroatoms. The highest BCUT2D eigenvalue weighted by Gasteiger charge is 2.32. The van der Waals surface area contributed by atoms with E-state index in [2.05, 4.69) is 23.3 Å². The van der Waals surface area contributed by atoms with Crippen LogP contribution in [0.3, 0.4) is 0 Å². The number of amides is 1. The zero-order valence-electron chi connectivity index (χ0n) is 23.1. The second-order valence-electron chi connectivity index (χ2n) is 11.3. The summed E-state index contributed by atoms with van der Waals surface area (Å²) in [7, 11) is 1.53. The summed E-state index contributed by atoms with van der Waals surface area (Å²) in [5.41, 5.74) is 5.62. The molecule has 1 amide bonds. The number of pyridine rings is 1. The molecule has 5 heterocycles. The lowest BCUT2D eigenvalue weighted by Gasteiger charge is -2.33. The second kappa shape index (κ2) is 10.4. The molecule has 2 atom stereocenters. The lowest BCUT2D eigenvalue weighted by Crippen LogP contribution is -2.38. The van der Waals surface area contributed by atoms with Crippen LogP contribution in [0.2, 0.25) is 5.54 Å². The number of hydrogen-bond donors (Lipinski definition) is 0. The summed E-state index contributed by atoms with van der Waals surface area (Å²) in [6.45, 7) is 4.31. The van der Waals surface area contributed by atoms with Crippen LogP contribution in [0.4, 0.5) is 14.9 Å². The molecule has 0 spiro atoms. The monoisotopic (exact) mass is 586 g/mol. The number of rotatable bonds is 6. The van der Waals surface area contributed by atoms with Crippen molar-refractivity contribution >= 4 is 43.7 Å². The number of carbonyl (C=O) groups excluding carboxylic acids is 2. The smallest absolute Gasteiger partial charge is 0.267 e. The van der Waals surface area contributed by atoms with Crippen LogP contribution in [0.15, 0.2) is 48.1 Å². The van der Waals surface area contributed by atoms with E-state index in [4.69, 9.17) is 9.72 Å². The summed E-state index contributed by atoms with van der Waals surface area (Å²) >= 11 is 1.77. The molecular formula is C31H31FN4O3SSi. The Labute approximate surface area is 244 Å². The summed E-state index contributed by atoms with van der Waals surface area (Å²) < 4.78 is 22.3. The molecule has 3 aromatic heterocycles. The Kier molecular flexibility index (Phi) is 6.70. The number of ether oxygens (including phenoxy) is 1. The molecule has 0 N–H and O–H groups in total. The number of hydrogen-bond acceptors (Lipinski definition) is 6. The van der Waals surface area contributed by atoms with Crippen molar-refractivity contribution in [2.75, 3.05) is 31.6 Å². The first kappa shape index (κ1) is 26.4. The van der Waals surface area contributed by atoms with Gasteiger partial charge in [-0.25, -0.2) is 9.37 Å². The van der Waals surface area contributed by atoms with Gasteiger partial charge in [0, 0.05) is 48.2 Å². The zero-order chi connectivity index (χ0) is 28.2. The molecule has 1 aliphatic carbocycles. The number of aromatic nitrogens is 2. The minimum atomic E-state index is -0.331. The quantitative estimate of drug-likeness (QED) is 0.248. The number of halogens is 1. The van der Waals surface area contributed by atoms with Gasteiger partial charge in [0.05, 0.1) is 24.4 Å². The van der Waals surface area contributed by atoms with E-state index in [1.807, 2.05) is 33.8 Å². The zero-order valence-corrected chi connectivity index (χ0v) is 24.9. The van der Waals surface area contributed by atoms with Crippen LogP contribution >= 0.6 is 11.3 Å². The number of benzene rings is 1. The summed E-state index contributed by atoms with van der Waals surface area (Å²) in [6.07, 6.45) is 7.62. The Morgan fingerprint density at radius 2 is 1.95 bits per heavy atom. The number of anilines is 1. The maximum atomic E-state index is 15.5. The maximum Gasteiger partial charge on any atom is 0.267 e. The van der Waals surface area contributed by atoms with Gasteiger partial charge in [-0.1, -0.05) is 0 Å². The van der Waals surface area contributed by atoms with Crippen LogP contribution in [-0.2, 0) is 11.2 Å². The number of thiophene rings is 1. The molecule has 1 saturated carbocycles. The fourth-order valence-corrected chi connectivity index (χ4v) is 8.26. The van der Waals surface area contributed by atoms with Crippen LogP contribution in [0, 0.1) is 5.82 Å². The third kappa shape index (κ3) is 4.86. The highest BCUT2D eigenvalue weighted by Crippen LogP contribution is 2.43. The van der Waals surface area contributed by atoms with E-state index < -0.39 is 0 Å². The van der Waals surface area contributed by atoms with Gasteiger partial charge in [0.25, 0.3) is 11.5 Å². The number of fused-ring (bicyclic) bond motifs is 2. The van der Waals surface area contributed by atoms with Crippen LogP contribution < -0.4 is 4.90 Å². The number of imidazole rings is 1. The molecule has 2 radical (unpaired) electrons. The second-order valence-corrected chi connectivity index (χ2v) is 13.8. The van der Waals surface area contributed by atoms with E-state index in [-0.39, 0.29) is 38.4 Å². The van der Waals surface area contributed by atoms with Crippen molar-refractivity contribution in [2.24, 2.45) is 0 Å². The topological polar surface area (TPSA) is 67.2 Å². The van der Waals surface area contributed by atoms with E-state index >= 15 is 4.39 Å².